The van der Waals surface area contributed by atoms with Crippen LogP contribution in [0.2, 0.25) is 5.02 Å². The van der Waals surface area contributed by atoms with Crippen molar-refractivity contribution < 1.29 is 22.7 Å². The molecule has 0 saturated carbocycles. The molecule has 29 heavy (non-hydrogen) atoms. The fraction of sp³-hybridized carbons (Fsp3) is 0.353. The lowest BCUT2D eigenvalue weighted by Crippen LogP contribution is -2.32. The number of sulfonamides is 1. The number of carbonyl (C=O) groups excluding carboxylic acids is 2. The van der Waals surface area contributed by atoms with Gasteiger partial charge >= 0.3 is 0 Å². The van der Waals surface area contributed by atoms with Crippen LogP contribution >= 0.6 is 11.6 Å². The van der Waals surface area contributed by atoms with Crippen molar-refractivity contribution in [3.05, 3.63) is 40.2 Å². The number of hydrogen-bond donors (Lipinski definition) is 4. The van der Waals surface area contributed by atoms with Gasteiger partial charge in [-0.25, -0.2) is 13.1 Å². The number of primary amides is 1. The first-order chi connectivity index (χ1) is 13.7. The number of nitrogens with one attached hydrogen (secondary N) is 3. The van der Waals surface area contributed by atoms with Gasteiger partial charge in [-0.05, 0) is 38.0 Å². The summed E-state index contributed by atoms with van der Waals surface area (Å²) in [5, 5.41) is 8.79. The number of nitrogens with zero attached hydrogens (tertiary/aromatic N) is 1. The number of rotatable bonds is 7. The minimum Gasteiger partial charge on any atom is -0.377 e. The first-order valence-corrected chi connectivity index (χ1v) is 10.6. The predicted molar refractivity (Wildman–Crippen MR) is 105 cm³/mol. The van der Waals surface area contributed by atoms with E-state index in [1.54, 1.807) is 6.92 Å². The molecular weight excluding hydrogens is 422 g/mol. The number of hydrogen-bond acceptors (Lipinski definition) is 6. The van der Waals surface area contributed by atoms with E-state index in [1.165, 1.54) is 12.1 Å². The summed E-state index contributed by atoms with van der Waals surface area (Å²) in [6.07, 6.45) is 1.46. The van der Waals surface area contributed by atoms with E-state index in [1.807, 2.05) is 0 Å². The van der Waals surface area contributed by atoms with Gasteiger partial charge in [0.15, 0.2) is 5.69 Å². The van der Waals surface area contributed by atoms with Crippen molar-refractivity contribution >= 4 is 39.1 Å². The Labute approximate surface area is 172 Å². The highest BCUT2D eigenvalue weighted by Gasteiger charge is 2.24. The average molecular weight is 442 g/mol. The molecule has 1 aliphatic heterocycles. The van der Waals surface area contributed by atoms with E-state index in [0.29, 0.717) is 12.3 Å². The van der Waals surface area contributed by atoms with Crippen molar-refractivity contribution in [1.29, 1.82) is 0 Å². The zero-order valence-electron chi connectivity index (χ0n) is 15.5. The third-order valence-electron chi connectivity index (χ3n) is 4.43. The van der Waals surface area contributed by atoms with Gasteiger partial charge in [-0.15, -0.1) is 0 Å². The van der Waals surface area contributed by atoms with E-state index in [0.717, 1.165) is 18.9 Å². The van der Waals surface area contributed by atoms with Crippen LogP contribution in [0.5, 0.6) is 0 Å². The van der Waals surface area contributed by atoms with Gasteiger partial charge in [0.05, 0.1) is 22.5 Å². The molecule has 0 radical (unpaired) electrons. The molecule has 2 amide bonds. The molecule has 1 aromatic carbocycles. The summed E-state index contributed by atoms with van der Waals surface area (Å²) in [5.41, 5.74) is 5.69. The monoisotopic (exact) mass is 441 g/mol. The fourth-order valence-corrected chi connectivity index (χ4v) is 4.47. The molecule has 1 atom stereocenters. The Bertz CT molecular complexity index is 1050. The summed E-state index contributed by atoms with van der Waals surface area (Å²) in [6, 6.07) is 3.85. The molecule has 156 valence electrons. The molecule has 12 heteroatoms. The van der Waals surface area contributed by atoms with E-state index >= 15 is 0 Å². The van der Waals surface area contributed by atoms with Gasteiger partial charge in [-0.1, -0.05) is 11.6 Å². The van der Waals surface area contributed by atoms with Crippen LogP contribution in [0.3, 0.4) is 0 Å². The van der Waals surface area contributed by atoms with Crippen LogP contribution in [0.15, 0.2) is 23.1 Å². The van der Waals surface area contributed by atoms with Gasteiger partial charge in [0, 0.05) is 18.7 Å². The lowest BCUT2D eigenvalue weighted by molar-refractivity contribution is 0.0996. The summed E-state index contributed by atoms with van der Waals surface area (Å²) < 4.78 is 33.1. The molecule has 2 aromatic rings. The quantitative estimate of drug-likeness (QED) is 0.505. The number of anilines is 1. The first kappa shape index (κ1) is 21.2. The standard InChI is InChI=1S/C17H20ClN5O5S/c1-9-14(15(16(19)24)23-22-9)21-17(25)10-4-5-12(18)13(7-10)29(26,27)20-8-11-3-2-6-28-11/h4-5,7,11,20H,2-3,6,8H2,1H3,(H2,19,24)(H,21,25)(H,22,23). The van der Waals surface area contributed by atoms with Crippen LogP contribution in [0.4, 0.5) is 5.69 Å². The molecule has 0 spiro atoms. The summed E-state index contributed by atoms with van der Waals surface area (Å²) in [5.74, 6) is -1.47. The zero-order valence-corrected chi connectivity index (χ0v) is 17.1. The van der Waals surface area contributed by atoms with Crippen LogP contribution < -0.4 is 15.8 Å². The summed E-state index contributed by atoms with van der Waals surface area (Å²) in [6.45, 7) is 2.32. The second kappa shape index (κ2) is 8.49. The first-order valence-electron chi connectivity index (χ1n) is 8.76. The number of amides is 2. The molecule has 10 nitrogen and oxygen atoms in total. The van der Waals surface area contributed by atoms with Crippen LogP contribution in [0, 0.1) is 6.92 Å². The smallest absolute Gasteiger partial charge is 0.271 e. The third kappa shape index (κ3) is 4.75. The second-order valence-corrected chi connectivity index (χ2v) is 8.67. The Morgan fingerprint density at radius 3 is 2.83 bits per heavy atom. The SMILES string of the molecule is Cc1[nH]nc(C(N)=O)c1NC(=O)c1ccc(Cl)c(S(=O)(=O)NCC2CCCO2)c1. The van der Waals surface area contributed by atoms with Crippen LogP contribution in [-0.4, -0.2) is 49.7 Å². The number of aromatic nitrogens is 2. The van der Waals surface area contributed by atoms with Gasteiger partial charge in [0.25, 0.3) is 11.8 Å². The van der Waals surface area contributed by atoms with Crippen molar-refractivity contribution in [1.82, 2.24) is 14.9 Å². The van der Waals surface area contributed by atoms with Gasteiger partial charge < -0.3 is 15.8 Å². The number of halogens is 1. The lowest BCUT2D eigenvalue weighted by Gasteiger charge is -2.13. The minimum absolute atomic E-state index is 0.0290. The normalized spacial score (nSPS) is 16.7. The Morgan fingerprint density at radius 1 is 1.41 bits per heavy atom. The molecule has 1 fully saturated rings. The van der Waals surface area contributed by atoms with Gasteiger partial charge in [0.2, 0.25) is 10.0 Å². The fourth-order valence-electron chi connectivity index (χ4n) is 2.88. The molecule has 2 heterocycles. The van der Waals surface area contributed by atoms with Crippen LogP contribution in [0.1, 0.15) is 39.4 Å². The zero-order chi connectivity index (χ0) is 21.2. The van der Waals surface area contributed by atoms with E-state index in [-0.39, 0.29) is 39.5 Å². The highest BCUT2D eigenvalue weighted by Crippen LogP contribution is 2.24. The minimum atomic E-state index is -3.96. The number of H-pyrrole nitrogens is 1. The van der Waals surface area contributed by atoms with E-state index in [2.05, 4.69) is 20.2 Å². The highest BCUT2D eigenvalue weighted by molar-refractivity contribution is 7.89. The third-order valence-corrected chi connectivity index (χ3v) is 6.33. The van der Waals surface area contributed by atoms with Crippen molar-refractivity contribution in [2.45, 2.75) is 30.8 Å². The molecule has 1 unspecified atom stereocenters. The Morgan fingerprint density at radius 2 is 2.17 bits per heavy atom. The van der Waals surface area contributed by atoms with Gasteiger partial charge in [-0.2, -0.15) is 5.10 Å². The van der Waals surface area contributed by atoms with Crippen LogP contribution in [0.25, 0.3) is 0 Å². The topological polar surface area (TPSA) is 156 Å². The van der Waals surface area contributed by atoms with Gasteiger partial charge in [0.1, 0.15) is 4.90 Å². The molecule has 1 saturated heterocycles. The van der Waals surface area contributed by atoms with Crippen molar-refractivity contribution in [3.8, 4) is 0 Å². The number of nitrogens with two attached hydrogens (primary N) is 1. The maximum atomic E-state index is 12.6. The molecule has 1 aromatic heterocycles. The molecule has 3 rings (SSSR count). The lowest BCUT2D eigenvalue weighted by atomic mass is 10.2. The second-order valence-electron chi connectivity index (χ2n) is 6.52. The molecule has 0 bridgehead atoms. The van der Waals surface area contributed by atoms with Gasteiger partial charge in [-0.3, -0.25) is 14.7 Å². The van der Waals surface area contributed by atoms with Crippen molar-refractivity contribution in [3.63, 3.8) is 0 Å². The number of benzene rings is 1. The molecular formula is C17H20ClN5O5S. The Hall–Kier alpha value is -2.47. The summed E-state index contributed by atoms with van der Waals surface area (Å²) >= 11 is 6.06. The number of aromatic amines is 1. The van der Waals surface area contributed by atoms with E-state index in [4.69, 9.17) is 22.1 Å². The van der Waals surface area contributed by atoms with Crippen molar-refractivity contribution in [2.75, 3.05) is 18.5 Å². The van der Waals surface area contributed by atoms with E-state index in [9.17, 15) is 18.0 Å². The number of carbonyl (C=O) groups is 2. The maximum Gasteiger partial charge on any atom is 0.271 e. The maximum absolute atomic E-state index is 12.6. The Kier molecular flexibility index (Phi) is 6.22. The Balaban J connectivity index is 1.82. The predicted octanol–water partition coefficient (Wildman–Crippen LogP) is 1.18. The van der Waals surface area contributed by atoms with Crippen molar-refractivity contribution in [2.24, 2.45) is 5.73 Å². The molecule has 5 N–H and O–H groups in total. The molecule has 0 aliphatic carbocycles. The highest BCUT2D eigenvalue weighted by atomic mass is 35.5. The van der Waals surface area contributed by atoms with Crippen LogP contribution in [-0.2, 0) is 14.8 Å². The largest absolute Gasteiger partial charge is 0.377 e. The average Bonchev–Trinajstić information content (AvgIpc) is 3.30. The number of ether oxygens (including phenoxy) is 1. The van der Waals surface area contributed by atoms with E-state index < -0.39 is 21.8 Å². The molecule has 1 aliphatic rings. The summed E-state index contributed by atoms with van der Waals surface area (Å²) in [4.78, 5) is 23.8. The summed E-state index contributed by atoms with van der Waals surface area (Å²) in [7, 11) is -3.96. The number of aryl methyl sites for hydroxylation is 1.